The predicted octanol–water partition coefficient (Wildman–Crippen LogP) is 2.49. The summed E-state index contributed by atoms with van der Waals surface area (Å²) < 4.78 is 20.9. The molecule has 1 N–H and O–H groups in total. The largest absolute Gasteiger partial charge is 0.493 e. The first kappa shape index (κ1) is 22.3. The molecule has 1 aliphatic heterocycles. The van der Waals surface area contributed by atoms with Crippen LogP contribution in [0.3, 0.4) is 0 Å². The number of rotatable bonds is 4. The minimum absolute atomic E-state index is 0.170. The number of nitrogens with zero attached hydrogens (tertiary/aromatic N) is 3. The lowest BCUT2D eigenvalue weighted by molar-refractivity contribution is -0.132. The third-order valence-electron chi connectivity index (χ3n) is 6.26. The number of hydrogen-bond acceptors (Lipinski definition) is 7. The molecule has 4 aromatic rings. The summed E-state index contributed by atoms with van der Waals surface area (Å²) in [6.45, 7) is 1.30. The van der Waals surface area contributed by atoms with Crippen LogP contribution in [0.5, 0.6) is 17.2 Å². The molecule has 0 radical (unpaired) electrons. The van der Waals surface area contributed by atoms with Crippen molar-refractivity contribution in [2.75, 3.05) is 19.5 Å². The number of fused-ring (bicyclic) bond motifs is 5. The Bertz CT molecular complexity index is 1600. The Labute approximate surface area is 199 Å². The lowest BCUT2D eigenvalue weighted by atomic mass is 9.98. The summed E-state index contributed by atoms with van der Waals surface area (Å²) in [5.74, 6) is 0.276. The third-order valence-corrected chi connectivity index (χ3v) is 6.26. The molecular weight excluding hydrogens is 452 g/mol. The molecule has 0 unspecified atom stereocenters. The second-order valence-electron chi connectivity index (χ2n) is 8.30. The number of carbonyl (C=O) groups is 1. The summed E-state index contributed by atoms with van der Waals surface area (Å²) in [7, 11) is 6.06. The van der Waals surface area contributed by atoms with Gasteiger partial charge < -0.3 is 24.1 Å². The highest BCUT2D eigenvalue weighted by molar-refractivity contribution is 5.86. The molecule has 0 saturated carbocycles. The smallest absolute Gasteiger partial charge is 0.331 e. The fraction of sp³-hybridized carbons (Fsp3) is 0.240. The minimum Gasteiger partial charge on any atom is -0.493 e. The molecule has 0 fully saturated rings. The highest BCUT2D eigenvalue weighted by atomic mass is 16.6. The summed E-state index contributed by atoms with van der Waals surface area (Å²) in [5, 5.41) is 3.95. The van der Waals surface area contributed by atoms with E-state index in [1.54, 1.807) is 25.4 Å². The molecule has 0 saturated heterocycles. The van der Waals surface area contributed by atoms with Gasteiger partial charge >= 0.3 is 11.7 Å². The Morgan fingerprint density at radius 3 is 2.29 bits per heavy atom. The number of anilines is 1. The Morgan fingerprint density at radius 2 is 1.66 bits per heavy atom. The van der Waals surface area contributed by atoms with Gasteiger partial charge in [-0.3, -0.25) is 18.7 Å². The standard InChI is InChI=1S/C25H24N4O6/c1-13(30)35-23-18(33-4)10-14(11-19(23)34-5)20-22-21-15(24(31)28(3)25(32)27(21)2)12-29(22)17-9-7-6-8-16(17)26-20/h6-12,20,26H,1-5H3/t20-/m1/s1. The maximum Gasteiger partial charge on any atom is 0.331 e. The van der Waals surface area contributed by atoms with Gasteiger partial charge in [0.1, 0.15) is 0 Å². The number of para-hydroxylation sites is 2. The molecule has 3 heterocycles. The average Bonchev–Trinajstić information content (AvgIpc) is 3.26. The Balaban J connectivity index is 1.85. The molecule has 0 amide bonds. The number of aryl methyl sites for hydroxylation is 1. The van der Waals surface area contributed by atoms with Gasteiger partial charge in [-0.05, 0) is 29.8 Å². The number of hydrogen-bond donors (Lipinski definition) is 1. The first-order valence-electron chi connectivity index (χ1n) is 10.9. The lowest BCUT2D eigenvalue weighted by Gasteiger charge is -2.30. The second-order valence-corrected chi connectivity index (χ2v) is 8.30. The van der Waals surface area contributed by atoms with Crippen molar-refractivity contribution >= 4 is 22.6 Å². The molecule has 0 bridgehead atoms. The van der Waals surface area contributed by atoms with Crippen LogP contribution in [-0.4, -0.2) is 33.9 Å². The molecule has 10 heteroatoms. The fourth-order valence-electron chi connectivity index (χ4n) is 4.67. The number of aromatic nitrogens is 3. The average molecular weight is 476 g/mol. The van der Waals surface area contributed by atoms with E-state index in [1.807, 2.05) is 28.8 Å². The van der Waals surface area contributed by atoms with E-state index in [0.717, 1.165) is 21.5 Å². The van der Waals surface area contributed by atoms with Crippen LogP contribution >= 0.6 is 0 Å². The van der Waals surface area contributed by atoms with E-state index in [1.165, 1.54) is 32.8 Å². The van der Waals surface area contributed by atoms with Gasteiger partial charge in [-0.15, -0.1) is 0 Å². The number of methoxy groups -OCH3 is 2. The van der Waals surface area contributed by atoms with E-state index in [2.05, 4.69) is 5.32 Å². The molecule has 1 atom stereocenters. The molecule has 2 aromatic carbocycles. The van der Waals surface area contributed by atoms with Gasteiger partial charge in [0, 0.05) is 27.2 Å². The van der Waals surface area contributed by atoms with Crippen molar-refractivity contribution in [2.24, 2.45) is 14.1 Å². The van der Waals surface area contributed by atoms with E-state index in [0.29, 0.717) is 28.1 Å². The van der Waals surface area contributed by atoms with Crippen LogP contribution in [0.15, 0.2) is 52.2 Å². The summed E-state index contributed by atoms with van der Waals surface area (Å²) in [6, 6.07) is 10.7. The highest BCUT2D eigenvalue weighted by Gasteiger charge is 2.32. The van der Waals surface area contributed by atoms with E-state index < -0.39 is 17.7 Å². The van der Waals surface area contributed by atoms with Crippen LogP contribution < -0.4 is 30.8 Å². The summed E-state index contributed by atoms with van der Waals surface area (Å²) in [6.07, 6.45) is 1.76. The number of nitrogens with one attached hydrogen (secondary N) is 1. The number of carbonyl (C=O) groups excluding carboxylic acids is 1. The van der Waals surface area contributed by atoms with E-state index in [-0.39, 0.29) is 11.3 Å². The summed E-state index contributed by atoms with van der Waals surface area (Å²) >= 11 is 0. The Kier molecular flexibility index (Phi) is 5.16. The van der Waals surface area contributed by atoms with E-state index in [4.69, 9.17) is 14.2 Å². The van der Waals surface area contributed by atoms with Gasteiger partial charge in [0.2, 0.25) is 5.75 Å². The maximum atomic E-state index is 13.0. The predicted molar refractivity (Wildman–Crippen MR) is 130 cm³/mol. The first-order valence-corrected chi connectivity index (χ1v) is 10.9. The summed E-state index contributed by atoms with van der Waals surface area (Å²) in [4.78, 5) is 37.5. The van der Waals surface area contributed by atoms with Gasteiger partial charge in [-0.2, -0.15) is 0 Å². The van der Waals surface area contributed by atoms with Gasteiger partial charge in [-0.1, -0.05) is 12.1 Å². The number of ether oxygens (including phenoxy) is 3. The zero-order chi connectivity index (χ0) is 25.0. The van der Waals surface area contributed by atoms with Crippen molar-refractivity contribution in [3.8, 4) is 22.9 Å². The molecule has 1 aliphatic rings. The molecule has 180 valence electrons. The van der Waals surface area contributed by atoms with Gasteiger partial charge in [0.15, 0.2) is 11.5 Å². The van der Waals surface area contributed by atoms with Crippen LogP contribution in [0.25, 0.3) is 16.6 Å². The van der Waals surface area contributed by atoms with Crippen LogP contribution in [0.1, 0.15) is 24.2 Å². The number of esters is 1. The Morgan fingerprint density at radius 1 is 1.00 bits per heavy atom. The van der Waals surface area contributed by atoms with E-state index >= 15 is 0 Å². The summed E-state index contributed by atoms with van der Waals surface area (Å²) in [5.41, 5.74) is 2.84. The van der Waals surface area contributed by atoms with Crippen molar-refractivity contribution in [2.45, 2.75) is 13.0 Å². The van der Waals surface area contributed by atoms with Gasteiger partial charge in [0.05, 0.1) is 48.2 Å². The van der Waals surface area contributed by atoms with Crippen molar-refractivity contribution in [3.63, 3.8) is 0 Å². The molecular formula is C25H24N4O6. The third kappa shape index (κ3) is 3.29. The van der Waals surface area contributed by atoms with Crippen molar-refractivity contribution in [1.29, 1.82) is 0 Å². The SMILES string of the molecule is COc1cc([C@H]2Nc3ccccc3-n3cc4c(=O)n(C)c(=O)n(C)c4c32)cc(OC)c1OC(C)=O. The topological polar surface area (TPSA) is 106 Å². The molecule has 0 aliphatic carbocycles. The molecule has 2 aromatic heterocycles. The van der Waals surface area contributed by atoms with Crippen LogP contribution in [-0.2, 0) is 18.9 Å². The highest BCUT2D eigenvalue weighted by Crippen LogP contribution is 2.45. The van der Waals surface area contributed by atoms with Crippen LogP contribution in [0.4, 0.5) is 5.69 Å². The lowest BCUT2D eigenvalue weighted by Crippen LogP contribution is -2.37. The normalized spacial score (nSPS) is 14.1. The van der Waals surface area contributed by atoms with Crippen molar-refractivity contribution < 1.29 is 19.0 Å². The minimum atomic E-state index is -0.509. The van der Waals surface area contributed by atoms with Gasteiger partial charge in [0.25, 0.3) is 5.56 Å². The zero-order valence-electron chi connectivity index (χ0n) is 19.9. The molecule has 10 nitrogen and oxygen atoms in total. The second kappa shape index (κ2) is 8.08. The zero-order valence-corrected chi connectivity index (χ0v) is 19.9. The van der Waals surface area contributed by atoms with Crippen LogP contribution in [0, 0.1) is 0 Å². The van der Waals surface area contributed by atoms with E-state index in [9.17, 15) is 14.4 Å². The quantitative estimate of drug-likeness (QED) is 0.356. The maximum absolute atomic E-state index is 13.0. The molecule has 0 spiro atoms. The fourth-order valence-corrected chi connectivity index (χ4v) is 4.67. The number of benzene rings is 2. The van der Waals surface area contributed by atoms with Crippen molar-refractivity contribution in [3.05, 3.63) is 74.7 Å². The monoisotopic (exact) mass is 476 g/mol. The molecule has 35 heavy (non-hydrogen) atoms. The Hall–Kier alpha value is -4.47. The van der Waals surface area contributed by atoms with Crippen molar-refractivity contribution in [1.82, 2.24) is 13.7 Å². The molecule has 5 rings (SSSR count). The van der Waals surface area contributed by atoms with Gasteiger partial charge in [-0.25, -0.2) is 4.79 Å². The van der Waals surface area contributed by atoms with Crippen LogP contribution in [0.2, 0.25) is 0 Å². The first-order chi connectivity index (χ1) is 16.8.